The van der Waals surface area contributed by atoms with Crippen LogP contribution in [0.3, 0.4) is 0 Å². The minimum Gasteiger partial charge on any atom is -1.00 e. The first kappa shape index (κ1) is 26.1. The van der Waals surface area contributed by atoms with Gasteiger partial charge in [0.25, 0.3) is 0 Å². The van der Waals surface area contributed by atoms with Gasteiger partial charge in [-0.15, -0.1) is 6.58 Å². The molecule has 0 amide bonds. The van der Waals surface area contributed by atoms with Crippen LogP contribution < -0.4 is 24.8 Å². The van der Waals surface area contributed by atoms with E-state index < -0.39 is 8.07 Å². The van der Waals surface area contributed by atoms with E-state index in [4.69, 9.17) is 0 Å². The second-order valence-corrected chi connectivity index (χ2v) is 13.5. The minimum absolute atomic E-state index is 0. The van der Waals surface area contributed by atoms with E-state index >= 15 is 0 Å². The minimum atomic E-state index is -1.77. The molecule has 156 valence electrons. The van der Waals surface area contributed by atoms with E-state index in [0.717, 1.165) is 6.42 Å². The Morgan fingerprint density at radius 1 is 0.742 bits per heavy atom. The van der Waals surface area contributed by atoms with Gasteiger partial charge in [0, 0.05) is 5.54 Å². The van der Waals surface area contributed by atoms with Gasteiger partial charge in [-0.3, -0.25) is 0 Å². The number of allylic oxidation sites excluding steroid dienone is 3. The molecule has 0 radical (unpaired) electrons. The summed E-state index contributed by atoms with van der Waals surface area (Å²) in [5.41, 5.74) is 11.4. The summed E-state index contributed by atoms with van der Waals surface area (Å²) in [6.07, 6.45) is 5.57. The van der Waals surface area contributed by atoms with Gasteiger partial charge in [-0.1, -0.05) is 98.0 Å². The van der Waals surface area contributed by atoms with Gasteiger partial charge in [0.1, 0.15) is 0 Å². The Morgan fingerprint density at radius 3 is 1.71 bits per heavy atom. The van der Waals surface area contributed by atoms with Crippen LogP contribution in [0.5, 0.6) is 0 Å². The van der Waals surface area contributed by atoms with Gasteiger partial charge in [0.05, 0.1) is 8.07 Å². The first-order chi connectivity index (χ1) is 13.6. The summed E-state index contributed by atoms with van der Waals surface area (Å²) < 4.78 is 0. The fraction of sp³-hybridized carbons (Fsp3) is 0.185. The molecule has 0 heterocycles. The fourth-order valence-corrected chi connectivity index (χ4v) is 9.68. The van der Waals surface area contributed by atoms with Crippen molar-refractivity contribution in [2.24, 2.45) is 0 Å². The molecule has 0 N–H and O–H groups in total. The summed E-state index contributed by atoms with van der Waals surface area (Å²) in [6.45, 7) is 9.17. The van der Waals surface area contributed by atoms with Crippen molar-refractivity contribution in [3.05, 3.63) is 114 Å². The molecular weight excluding hydrogens is 515 g/mol. The number of rotatable bonds is 4. The Kier molecular flexibility index (Phi) is 8.56. The molecular formula is C27H26Cl2SiZr. The van der Waals surface area contributed by atoms with Crippen LogP contribution in [0.4, 0.5) is 0 Å². The average molecular weight is 541 g/mol. The summed E-state index contributed by atoms with van der Waals surface area (Å²) in [5.74, 6) is 0. The number of benzene rings is 3. The van der Waals surface area contributed by atoms with Crippen molar-refractivity contribution in [1.82, 2.24) is 0 Å². The molecule has 5 rings (SSSR count). The van der Waals surface area contributed by atoms with Crippen LogP contribution in [-0.4, -0.2) is 8.07 Å². The van der Waals surface area contributed by atoms with Crippen molar-refractivity contribution < 1.29 is 51.0 Å². The molecule has 3 aromatic carbocycles. The predicted molar refractivity (Wildman–Crippen MR) is 123 cm³/mol. The standard InChI is InChI=1S/C27H26Si.2ClH.Zr/c1-4-11-19-18-26(23-15-8-5-12-20(19)23)28(2,3)27-24-16-9-6-13-21(24)22-14-7-10-17-25(22)27;;;/h4-10,12-18,26-27H,1,11H2,2-3H3;2*1H;/q;;;+2/p-2. The quantitative estimate of drug-likeness (QED) is 0.346. The molecule has 2 aliphatic carbocycles. The van der Waals surface area contributed by atoms with Crippen molar-refractivity contribution in [3.8, 4) is 11.1 Å². The van der Waals surface area contributed by atoms with Crippen LogP contribution >= 0.6 is 0 Å². The monoisotopic (exact) mass is 538 g/mol. The largest absolute Gasteiger partial charge is 2.00 e. The van der Waals surface area contributed by atoms with Crippen molar-refractivity contribution in [1.29, 1.82) is 0 Å². The average Bonchev–Trinajstić information content (AvgIpc) is 3.25. The predicted octanol–water partition coefficient (Wildman–Crippen LogP) is 1.35. The summed E-state index contributed by atoms with van der Waals surface area (Å²) in [7, 11) is -1.77. The van der Waals surface area contributed by atoms with Gasteiger partial charge in [-0.05, 0) is 50.9 Å². The molecule has 2 aliphatic rings. The number of fused-ring (bicyclic) bond motifs is 4. The third-order valence-electron chi connectivity index (χ3n) is 6.75. The molecule has 0 bridgehead atoms. The number of hydrogen-bond donors (Lipinski definition) is 0. The summed E-state index contributed by atoms with van der Waals surface area (Å²) in [4.78, 5) is 0. The first-order valence-corrected chi connectivity index (χ1v) is 13.4. The smallest absolute Gasteiger partial charge is 1.00 e. The Morgan fingerprint density at radius 2 is 1.19 bits per heavy atom. The zero-order chi connectivity index (χ0) is 19.3. The second-order valence-electron chi connectivity index (χ2n) is 8.68. The third-order valence-corrected chi connectivity index (χ3v) is 10.9. The number of hydrogen-bond acceptors (Lipinski definition) is 0. The molecule has 0 aliphatic heterocycles. The van der Waals surface area contributed by atoms with E-state index in [9.17, 15) is 0 Å². The van der Waals surface area contributed by atoms with Gasteiger partial charge in [-0.2, -0.15) is 0 Å². The van der Waals surface area contributed by atoms with E-state index in [1.165, 1.54) is 39.0 Å². The second kappa shape index (κ2) is 10.2. The Labute approximate surface area is 218 Å². The Hall–Kier alpha value is -1.18. The summed E-state index contributed by atoms with van der Waals surface area (Å²) in [5, 5.41) is 0. The third kappa shape index (κ3) is 4.13. The molecule has 0 nitrogen and oxygen atoms in total. The zero-order valence-corrected chi connectivity index (χ0v) is 22.9. The van der Waals surface area contributed by atoms with Gasteiger partial charge >= 0.3 is 26.2 Å². The van der Waals surface area contributed by atoms with Gasteiger partial charge in [0.15, 0.2) is 0 Å². The van der Waals surface area contributed by atoms with Crippen LogP contribution in [0.1, 0.15) is 39.8 Å². The number of halogens is 2. The zero-order valence-electron chi connectivity index (χ0n) is 17.9. The Bertz CT molecular complexity index is 1070. The topological polar surface area (TPSA) is 0 Å². The van der Waals surface area contributed by atoms with E-state index in [2.05, 4.69) is 98.5 Å². The maximum Gasteiger partial charge on any atom is 2.00 e. The SMILES string of the molecule is C=CCC1=CC([Si](C)(C)C2c3ccccc3-c3ccccc32)c2ccccc21.[Cl-].[Cl-].[Zr+2]. The molecule has 0 spiro atoms. The van der Waals surface area contributed by atoms with Gasteiger partial charge < -0.3 is 24.8 Å². The molecule has 1 unspecified atom stereocenters. The maximum atomic E-state index is 3.99. The normalized spacial score (nSPS) is 15.9. The van der Waals surface area contributed by atoms with E-state index in [0.29, 0.717) is 11.1 Å². The van der Waals surface area contributed by atoms with Crippen LogP contribution in [0.15, 0.2) is 91.5 Å². The van der Waals surface area contributed by atoms with E-state index in [1.54, 1.807) is 0 Å². The summed E-state index contributed by atoms with van der Waals surface area (Å²) >= 11 is 0. The molecule has 0 saturated carbocycles. The molecule has 4 heteroatoms. The van der Waals surface area contributed by atoms with Crippen molar-refractivity contribution in [3.63, 3.8) is 0 Å². The van der Waals surface area contributed by atoms with E-state index in [1.807, 2.05) is 6.08 Å². The molecule has 3 aromatic rings. The van der Waals surface area contributed by atoms with Crippen molar-refractivity contribution in [2.45, 2.75) is 30.6 Å². The molecule has 0 fully saturated rings. The van der Waals surface area contributed by atoms with E-state index in [-0.39, 0.29) is 51.0 Å². The molecule has 0 aromatic heterocycles. The van der Waals surface area contributed by atoms with Crippen LogP contribution in [0.25, 0.3) is 16.7 Å². The fourth-order valence-electron chi connectivity index (χ4n) is 5.53. The van der Waals surface area contributed by atoms with Crippen LogP contribution in [-0.2, 0) is 26.2 Å². The van der Waals surface area contributed by atoms with Gasteiger partial charge in [-0.25, -0.2) is 0 Å². The summed E-state index contributed by atoms with van der Waals surface area (Å²) in [6, 6.07) is 27.2. The van der Waals surface area contributed by atoms with Crippen molar-refractivity contribution >= 4 is 13.6 Å². The first-order valence-electron chi connectivity index (χ1n) is 10.2. The van der Waals surface area contributed by atoms with Crippen molar-refractivity contribution in [2.75, 3.05) is 0 Å². The molecule has 1 atom stereocenters. The van der Waals surface area contributed by atoms with Crippen LogP contribution in [0, 0.1) is 0 Å². The maximum absolute atomic E-state index is 3.99. The van der Waals surface area contributed by atoms with Crippen LogP contribution in [0.2, 0.25) is 13.1 Å². The van der Waals surface area contributed by atoms with Gasteiger partial charge in [0.2, 0.25) is 0 Å². The Balaban J connectivity index is 0.00000114. The molecule has 0 saturated heterocycles. The molecule has 31 heavy (non-hydrogen) atoms.